The summed E-state index contributed by atoms with van der Waals surface area (Å²) in [5.41, 5.74) is 7.80. The van der Waals surface area contributed by atoms with Crippen molar-refractivity contribution < 1.29 is 9.66 Å². The van der Waals surface area contributed by atoms with Crippen molar-refractivity contribution in [3.05, 3.63) is 116 Å². The Morgan fingerprint density at radius 2 is 1.88 bits per heavy atom. The van der Waals surface area contributed by atoms with Crippen molar-refractivity contribution in [3.63, 3.8) is 0 Å². The summed E-state index contributed by atoms with van der Waals surface area (Å²) in [5.74, 6) is 0.807. The molecule has 0 saturated carbocycles. The van der Waals surface area contributed by atoms with Gasteiger partial charge in [0.1, 0.15) is 5.75 Å². The van der Waals surface area contributed by atoms with Crippen molar-refractivity contribution in [2.24, 2.45) is 4.99 Å². The molecule has 3 aromatic rings. The molecule has 168 valence electrons. The summed E-state index contributed by atoms with van der Waals surface area (Å²) in [4.78, 5) is 18.4. The SMILES string of the molecule is COc1ccc([C@@H]2C3=C(N=C4SC=C(c5cccc([N+](=O)[O-])c5)N42)c2ccccc2CC3)cc1. The Kier molecular flexibility index (Phi) is 4.99. The van der Waals surface area contributed by atoms with Crippen molar-refractivity contribution >= 4 is 34.0 Å². The molecule has 7 heteroatoms. The van der Waals surface area contributed by atoms with Crippen LogP contribution >= 0.6 is 11.8 Å². The third-order valence-corrected chi connectivity index (χ3v) is 7.40. The number of rotatable bonds is 4. The average molecular weight is 468 g/mol. The van der Waals surface area contributed by atoms with Crippen LogP contribution in [0.15, 0.2) is 88.8 Å². The number of aryl methyl sites for hydroxylation is 1. The number of amidine groups is 1. The van der Waals surface area contributed by atoms with Crippen molar-refractivity contribution in [2.45, 2.75) is 18.9 Å². The summed E-state index contributed by atoms with van der Waals surface area (Å²) in [7, 11) is 1.67. The van der Waals surface area contributed by atoms with E-state index < -0.39 is 0 Å². The summed E-state index contributed by atoms with van der Waals surface area (Å²) in [5, 5.41) is 14.4. The Bertz CT molecular complexity index is 1410. The second kappa shape index (κ2) is 8.18. The van der Waals surface area contributed by atoms with Crippen LogP contribution in [-0.4, -0.2) is 22.1 Å². The van der Waals surface area contributed by atoms with Crippen LogP contribution in [0.1, 0.15) is 34.7 Å². The molecule has 34 heavy (non-hydrogen) atoms. The second-order valence-corrected chi connectivity index (χ2v) is 9.24. The Balaban J connectivity index is 1.51. The van der Waals surface area contributed by atoms with E-state index in [4.69, 9.17) is 9.73 Å². The summed E-state index contributed by atoms with van der Waals surface area (Å²) in [6.45, 7) is 0. The van der Waals surface area contributed by atoms with E-state index in [1.807, 2.05) is 18.2 Å². The van der Waals surface area contributed by atoms with Gasteiger partial charge in [-0.25, -0.2) is 4.99 Å². The summed E-state index contributed by atoms with van der Waals surface area (Å²) in [6.07, 6.45) is 1.87. The number of aliphatic imine (C=N–C) groups is 1. The lowest BCUT2D eigenvalue weighted by Gasteiger charge is -2.39. The quantitative estimate of drug-likeness (QED) is 0.327. The molecule has 0 spiro atoms. The van der Waals surface area contributed by atoms with Gasteiger partial charge in [-0.05, 0) is 41.7 Å². The van der Waals surface area contributed by atoms with Gasteiger partial charge in [0, 0.05) is 28.7 Å². The van der Waals surface area contributed by atoms with Gasteiger partial charge in [-0.3, -0.25) is 10.1 Å². The maximum absolute atomic E-state index is 11.4. The van der Waals surface area contributed by atoms with Crippen LogP contribution in [0.3, 0.4) is 0 Å². The molecule has 0 bridgehead atoms. The van der Waals surface area contributed by atoms with Crippen LogP contribution in [0.4, 0.5) is 5.69 Å². The van der Waals surface area contributed by atoms with Gasteiger partial charge >= 0.3 is 0 Å². The van der Waals surface area contributed by atoms with Crippen molar-refractivity contribution in [3.8, 4) is 5.75 Å². The van der Waals surface area contributed by atoms with Crippen molar-refractivity contribution in [1.29, 1.82) is 0 Å². The monoisotopic (exact) mass is 467 g/mol. The van der Waals surface area contributed by atoms with Crippen LogP contribution in [0.5, 0.6) is 5.75 Å². The zero-order valence-corrected chi connectivity index (χ0v) is 19.3. The third kappa shape index (κ3) is 3.31. The van der Waals surface area contributed by atoms with E-state index in [0.29, 0.717) is 0 Å². The number of methoxy groups -OCH3 is 1. The van der Waals surface area contributed by atoms with E-state index >= 15 is 0 Å². The average Bonchev–Trinajstić information content (AvgIpc) is 3.31. The van der Waals surface area contributed by atoms with Crippen molar-refractivity contribution in [2.75, 3.05) is 7.11 Å². The first-order valence-electron chi connectivity index (χ1n) is 11.1. The second-order valence-electron chi connectivity index (χ2n) is 8.40. The van der Waals surface area contributed by atoms with Gasteiger partial charge in [-0.2, -0.15) is 0 Å². The highest BCUT2D eigenvalue weighted by Gasteiger charge is 2.40. The minimum atomic E-state index is -0.350. The molecule has 6 rings (SSSR count). The topological polar surface area (TPSA) is 68.0 Å². The van der Waals surface area contributed by atoms with Crippen molar-refractivity contribution in [1.82, 2.24) is 4.90 Å². The maximum Gasteiger partial charge on any atom is 0.270 e. The molecule has 6 nitrogen and oxygen atoms in total. The van der Waals surface area contributed by atoms with E-state index in [1.54, 1.807) is 31.0 Å². The number of thioether (sulfide) groups is 1. The van der Waals surface area contributed by atoms with Gasteiger partial charge in [0.2, 0.25) is 0 Å². The molecule has 3 aromatic carbocycles. The molecule has 0 fully saturated rings. The van der Waals surface area contributed by atoms with Gasteiger partial charge in [-0.15, -0.1) is 0 Å². The molecule has 0 unspecified atom stereocenters. The maximum atomic E-state index is 11.4. The first-order chi connectivity index (χ1) is 16.6. The molecule has 0 N–H and O–H groups in total. The normalized spacial score (nSPS) is 18.5. The number of nitro benzene ring substituents is 1. The molecule has 0 saturated heterocycles. The van der Waals surface area contributed by atoms with E-state index in [-0.39, 0.29) is 16.7 Å². The molecular formula is C27H21N3O3S. The van der Waals surface area contributed by atoms with E-state index in [1.165, 1.54) is 22.8 Å². The first-order valence-corrected chi connectivity index (χ1v) is 12.0. The highest BCUT2D eigenvalue weighted by molar-refractivity contribution is 8.16. The van der Waals surface area contributed by atoms with Gasteiger partial charge in [-0.1, -0.05) is 60.3 Å². The molecule has 1 aliphatic carbocycles. The summed E-state index contributed by atoms with van der Waals surface area (Å²) in [6, 6.07) is 23.4. The number of nitro groups is 1. The van der Waals surface area contributed by atoms with E-state index in [2.05, 4.69) is 46.7 Å². The first kappa shape index (κ1) is 20.7. The van der Waals surface area contributed by atoms with Gasteiger partial charge in [0.05, 0.1) is 29.5 Å². The molecule has 3 aliphatic rings. The standard InChI is InChI=1S/C27H21N3O3S/c1-33-21-12-9-18(10-13-21)26-23-14-11-17-5-2-3-8-22(17)25(23)28-27-29(26)24(16-34-27)19-6-4-7-20(15-19)30(31)32/h2-10,12-13,15-16,26H,11,14H2,1H3/t26-/m1/s1. The highest BCUT2D eigenvalue weighted by atomic mass is 32.2. The fraction of sp³-hybridized carbons (Fsp3) is 0.148. The van der Waals surface area contributed by atoms with Crippen LogP contribution in [-0.2, 0) is 6.42 Å². The van der Waals surface area contributed by atoms with Gasteiger partial charge in [0.25, 0.3) is 5.69 Å². The van der Waals surface area contributed by atoms with Crippen LogP contribution in [0.2, 0.25) is 0 Å². The molecule has 2 aliphatic heterocycles. The predicted octanol–water partition coefficient (Wildman–Crippen LogP) is 6.42. The number of fused-ring (bicyclic) bond motifs is 3. The fourth-order valence-corrected chi connectivity index (χ4v) is 5.89. The Labute approximate surface area is 201 Å². The molecular weight excluding hydrogens is 446 g/mol. The molecule has 1 atom stereocenters. The fourth-order valence-electron chi connectivity index (χ4n) is 4.96. The summed E-state index contributed by atoms with van der Waals surface area (Å²) >= 11 is 1.57. The number of ether oxygens (including phenoxy) is 1. The lowest BCUT2D eigenvalue weighted by Crippen LogP contribution is -2.34. The number of nitrogens with zero attached hydrogens (tertiary/aromatic N) is 3. The summed E-state index contributed by atoms with van der Waals surface area (Å²) < 4.78 is 5.39. The van der Waals surface area contributed by atoms with Gasteiger partial charge in [0.15, 0.2) is 5.17 Å². The van der Waals surface area contributed by atoms with E-state index in [9.17, 15) is 10.1 Å². The molecule has 0 aromatic heterocycles. The molecule has 0 amide bonds. The minimum Gasteiger partial charge on any atom is -0.497 e. The number of hydrogen-bond acceptors (Lipinski definition) is 6. The largest absolute Gasteiger partial charge is 0.497 e. The Morgan fingerprint density at radius 1 is 1.06 bits per heavy atom. The van der Waals surface area contributed by atoms with Gasteiger partial charge < -0.3 is 9.64 Å². The highest BCUT2D eigenvalue weighted by Crippen LogP contribution is 2.51. The molecule has 0 radical (unpaired) electrons. The van der Waals surface area contributed by atoms with Crippen LogP contribution in [0.25, 0.3) is 11.4 Å². The zero-order chi connectivity index (χ0) is 23.2. The minimum absolute atomic E-state index is 0.0534. The molecule has 2 heterocycles. The van der Waals surface area contributed by atoms with Crippen LogP contribution < -0.4 is 4.74 Å². The zero-order valence-electron chi connectivity index (χ0n) is 18.5. The van der Waals surface area contributed by atoms with E-state index in [0.717, 1.165) is 46.3 Å². The number of hydrogen-bond donors (Lipinski definition) is 0. The Hall–Kier alpha value is -3.84. The lowest BCUT2D eigenvalue weighted by atomic mass is 9.82. The lowest BCUT2D eigenvalue weighted by molar-refractivity contribution is -0.384. The predicted molar refractivity (Wildman–Crippen MR) is 135 cm³/mol. The Morgan fingerprint density at radius 3 is 2.68 bits per heavy atom. The number of benzene rings is 3. The smallest absolute Gasteiger partial charge is 0.270 e. The number of non-ortho nitro benzene ring substituents is 1. The third-order valence-electron chi connectivity index (χ3n) is 6.56. The van der Waals surface area contributed by atoms with Crippen LogP contribution in [0, 0.1) is 10.1 Å².